The zero-order valence-corrected chi connectivity index (χ0v) is 78.6. The van der Waals surface area contributed by atoms with Crippen molar-refractivity contribution < 1.29 is 13.3 Å². The van der Waals surface area contributed by atoms with Gasteiger partial charge < -0.3 is 13.3 Å². The molecule has 0 fully saturated rings. The molecule has 0 radical (unpaired) electrons. The van der Waals surface area contributed by atoms with E-state index in [1.54, 1.807) is 0 Å². The zero-order valence-electron chi connectivity index (χ0n) is 75.4. The Morgan fingerprint density at radius 1 is 0.162 bits per heavy atom. The van der Waals surface area contributed by atoms with Crippen molar-refractivity contribution in [2.75, 3.05) is 0 Å². The SMILES string of the molecule is c1ccc(-c2cc(-c3ccc4sc5ccccc5c4c3)nc(-n3c4ccccc4c4c5oc6ccccc6c5ccc43)n2)cc1.c1ccc(-c2cc(-c3ccc4sc5ccccc5c4c3)nc(-n3c4ccccc4c4ccc5c6ccccc6oc5c43)n2)cc1.c1ccc2c(c1)oc1c2ccc2c1c1ccccc1n2-c1nc(-c2ccc3sc4ccccc4c3c2)cc(-c2ccc3sc4ccccc4c3c2)n1. The molecule has 0 atom stereocenters. The van der Waals surface area contributed by atoms with E-state index in [-0.39, 0.29) is 0 Å². The van der Waals surface area contributed by atoms with Gasteiger partial charge in [0.2, 0.25) is 17.8 Å². The van der Waals surface area contributed by atoms with E-state index in [2.05, 4.69) is 396 Å². The monoisotopic (exact) mass is 1890 g/mol. The third kappa shape index (κ3) is 12.7. The number of para-hydroxylation sites is 6. The summed E-state index contributed by atoms with van der Waals surface area (Å²) < 4.78 is 36.5. The van der Waals surface area contributed by atoms with Gasteiger partial charge in [0.25, 0.3) is 0 Å². The Hall–Kier alpha value is -17.9. The summed E-state index contributed by atoms with van der Waals surface area (Å²) in [5.41, 5.74) is 22.9. The Kier molecular flexibility index (Phi) is 18.0. The quantitative estimate of drug-likeness (QED) is 0.139. The number of nitrogens with zero attached hydrogens (tertiary/aromatic N) is 9. The van der Waals surface area contributed by atoms with Gasteiger partial charge in [0, 0.05) is 168 Å². The summed E-state index contributed by atoms with van der Waals surface area (Å²) in [4.78, 5) is 31.9. The second-order valence-electron chi connectivity index (χ2n) is 36.1. The molecule has 0 bridgehead atoms. The predicted octanol–water partition coefficient (Wildman–Crippen LogP) is 35.9. The molecule has 0 spiro atoms. The first-order valence-corrected chi connectivity index (χ1v) is 50.6. The van der Waals surface area contributed by atoms with Crippen LogP contribution >= 0.6 is 45.3 Å². The second-order valence-corrected chi connectivity index (χ2v) is 40.5. The van der Waals surface area contributed by atoms with E-state index in [1.807, 2.05) is 93.9 Å². The van der Waals surface area contributed by atoms with Gasteiger partial charge in [-0.15, -0.1) is 45.3 Å². The molecule has 13 aromatic heterocycles. The van der Waals surface area contributed by atoms with Crippen LogP contribution in [0.15, 0.2) is 444 Å². The third-order valence-corrected chi connectivity index (χ3v) is 32.7. The molecular weight excluding hydrogens is 1820 g/mol. The Morgan fingerprint density at radius 2 is 0.423 bits per heavy atom. The van der Waals surface area contributed by atoms with Crippen molar-refractivity contribution in [3.05, 3.63) is 431 Å². The molecule has 13 heterocycles. The van der Waals surface area contributed by atoms with Gasteiger partial charge in [-0.25, -0.2) is 29.9 Å². The number of benzene rings is 19. The molecule has 662 valence electrons. The first kappa shape index (κ1) is 80.2. The van der Waals surface area contributed by atoms with Crippen molar-refractivity contribution in [3.63, 3.8) is 0 Å². The topological polar surface area (TPSA) is 132 Å². The van der Waals surface area contributed by atoms with Gasteiger partial charge in [-0.05, 0) is 158 Å². The van der Waals surface area contributed by atoms with Gasteiger partial charge in [-0.1, -0.05) is 273 Å². The van der Waals surface area contributed by atoms with Gasteiger partial charge in [-0.3, -0.25) is 13.7 Å². The maximum atomic E-state index is 6.59. The van der Waals surface area contributed by atoms with Gasteiger partial charge in [0.05, 0.1) is 72.5 Å². The van der Waals surface area contributed by atoms with Crippen LogP contribution in [-0.4, -0.2) is 43.6 Å². The highest BCUT2D eigenvalue weighted by molar-refractivity contribution is 7.27. The maximum absolute atomic E-state index is 6.59. The number of thiophene rings is 4. The summed E-state index contributed by atoms with van der Waals surface area (Å²) in [5.74, 6) is 1.86. The molecule has 32 aromatic rings. The van der Waals surface area contributed by atoms with Crippen LogP contribution in [0.1, 0.15) is 0 Å². The van der Waals surface area contributed by atoms with Crippen molar-refractivity contribution in [1.82, 2.24) is 43.6 Å². The Bertz CT molecular complexity index is 10800. The van der Waals surface area contributed by atoms with Gasteiger partial charge in [-0.2, -0.15) is 0 Å². The lowest BCUT2D eigenvalue weighted by Crippen LogP contribution is -2.04. The van der Waals surface area contributed by atoms with Crippen LogP contribution in [0, 0.1) is 0 Å². The molecule has 12 nitrogen and oxygen atoms in total. The fraction of sp³-hybridized carbons (Fsp3) is 0. The van der Waals surface area contributed by atoms with Gasteiger partial charge in [0.1, 0.15) is 33.4 Å². The van der Waals surface area contributed by atoms with Crippen LogP contribution in [0.2, 0.25) is 0 Å². The van der Waals surface area contributed by atoms with Crippen molar-refractivity contribution in [1.29, 1.82) is 0 Å². The van der Waals surface area contributed by atoms with Crippen LogP contribution in [0.5, 0.6) is 0 Å². The van der Waals surface area contributed by atoms with Crippen molar-refractivity contribution in [2.45, 2.75) is 0 Å². The molecule has 0 saturated heterocycles. The van der Waals surface area contributed by atoms with E-state index < -0.39 is 0 Å². The average molecular weight is 1890 g/mol. The highest BCUT2D eigenvalue weighted by Gasteiger charge is 2.28. The molecule has 0 amide bonds. The number of aromatic nitrogens is 9. The number of hydrogen-bond acceptors (Lipinski definition) is 13. The largest absolute Gasteiger partial charge is 0.455 e. The lowest BCUT2D eigenvalue weighted by Gasteiger charge is -2.12. The van der Waals surface area contributed by atoms with E-state index in [4.69, 9.17) is 43.2 Å². The Balaban J connectivity index is 0.000000100. The van der Waals surface area contributed by atoms with Crippen LogP contribution in [0.3, 0.4) is 0 Å². The summed E-state index contributed by atoms with van der Waals surface area (Å²) in [6.07, 6.45) is 0. The predicted molar refractivity (Wildman–Crippen MR) is 595 cm³/mol. The van der Waals surface area contributed by atoms with E-state index in [0.717, 1.165) is 199 Å². The van der Waals surface area contributed by atoms with Crippen LogP contribution in [-0.2, 0) is 0 Å². The molecule has 0 aliphatic heterocycles. The van der Waals surface area contributed by atoms with E-state index in [9.17, 15) is 0 Å². The zero-order chi connectivity index (χ0) is 92.9. The fourth-order valence-electron chi connectivity index (χ4n) is 21.6. The smallest absolute Gasteiger partial charge is 0.235 e. The van der Waals surface area contributed by atoms with Crippen molar-refractivity contribution in [3.8, 4) is 85.4 Å². The van der Waals surface area contributed by atoms with Crippen molar-refractivity contribution in [2.24, 2.45) is 0 Å². The minimum atomic E-state index is 0.612. The number of furan rings is 3. The lowest BCUT2D eigenvalue weighted by atomic mass is 10.0. The minimum absolute atomic E-state index is 0.612. The first-order chi connectivity index (χ1) is 70.3. The first-order valence-electron chi connectivity index (χ1n) is 47.3. The molecule has 0 unspecified atom stereocenters. The van der Waals surface area contributed by atoms with Crippen LogP contribution < -0.4 is 0 Å². The third-order valence-electron chi connectivity index (χ3n) is 28.1. The van der Waals surface area contributed by atoms with Gasteiger partial charge in [0.15, 0.2) is 5.58 Å². The summed E-state index contributed by atoms with van der Waals surface area (Å²) >= 11 is 7.31. The lowest BCUT2D eigenvalue weighted by molar-refractivity contribution is 0.670. The van der Waals surface area contributed by atoms with Gasteiger partial charge >= 0.3 is 0 Å². The highest BCUT2D eigenvalue weighted by Crippen LogP contribution is 2.49. The minimum Gasteiger partial charge on any atom is -0.455 e. The molecule has 19 aromatic carbocycles. The van der Waals surface area contributed by atoms with Crippen molar-refractivity contribution >= 4 is 257 Å². The Labute approximate surface area is 823 Å². The van der Waals surface area contributed by atoms with E-state index >= 15 is 0 Å². The molecular formula is C126H71N9O3S4. The summed E-state index contributed by atoms with van der Waals surface area (Å²) in [6, 6.07) is 152. The standard InChI is InChI=1S/C46H25N3OS2.2C40H23N3OS/c1-5-13-37-32(12-1)44-38(20-19-31-28-9-2-6-14-39(28)50-45(31)44)49(37)46-47-35(26-17-21-42-33(23-26)29-10-3-7-15-40(29)51-42)25-36(48-46)27-18-22-43-34(24-27)30-11-4-8-16-41(30)52-43;1-2-10-24(11-3-1)31-23-32(25-18-21-37-30(22-25)27-13-6-9-17-36(27)45-37)42-40(41-31)43-33-15-7-4-14-29(33)38-34(43)20-19-28-26-12-5-8-16-35(26)44-39(28)38;1-2-10-24(11-3-1)32-23-33(25-18-21-37-31(22-25)28-14-6-9-17-36(28)45-37)42-40(41-32)43-34-15-7-4-12-26(34)29-19-20-30-27-13-5-8-16-35(27)44-39(30)38(29)43/h1-25H;2*1-23H. The number of fused-ring (bicyclic) bond motifs is 33. The summed E-state index contributed by atoms with van der Waals surface area (Å²) in [6.45, 7) is 0. The average Bonchev–Trinajstić information content (AvgIpc) is 1.56. The molecule has 0 N–H and O–H groups in total. The number of hydrogen-bond donors (Lipinski definition) is 0. The molecule has 0 aliphatic rings. The van der Waals surface area contributed by atoms with E-state index in [0.29, 0.717) is 17.8 Å². The molecule has 32 rings (SSSR count). The summed E-state index contributed by atoms with van der Waals surface area (Å²) in [5, 5.41) is 23.3. The van der Waals surface area contributed by atoms with Crippen LogP contribution in [0.25, 0.3) is 297 Å². The van der Waals surface area contributed by atoms with E-state index in [1.165, 1.54) is 80.7 Å². The molecule has 0 saturated carbocycles. The maximum Gasteiger partial charge on any atom is 0.235 e. The second kappa shape index (κ2) is 31.8. The number of rotatable bonds is 9. The van der Waals surface area contributed by atoms with Crippen LogP contribution in [0.4, 0.5) is 0 Å². The molecule has 16 heteroatoms. The Morgan fingerprint density at radius 3 is 0.789 bits per heavy atom. The molecule has 142 heavy (non-hydrogen) atoms. The fourth-order valence-corrected chi connectivity index (χ4v) is 25.9. The highest BCUT2D eigenvalue weighted by atomic mass is 32.1. The summed E-state index contributed by atoms with van der Waals surface area (Å²) in [7, 11) is 0. The molecule has 0 aliphatic carbocycles. The normalized spacial score (nSPS) is 12.1.